The van der Waals surface area contributed by atoms with Gasteiger partial charge in [0, 0.05) is 49.3 Å². The summed E-state index contributed by atoms with van der Waals surface area (Å²) >= 11 is 0. The fourth-order valence-corrected chi connectivity index (χ4v) is 10.5. The number of hydrogen-bond donors (Lipinski definition) is 0. The molecule has 0 radical (unpaired) electrons. The van der Waals surface area contributed by atoms with Crippen LogP contribution in [0.4, 0.5) is 0 Å². The van der Waals surface area contributed by atoms with Gasteiger partial charge in [0.25, 0.3) is 0 Å². The molecule has 0 bridgehead atoms. The van der Waals surface area contributed by atoms with Crippen LogP contribution in [0, 0.1) is 0 Å². The van der Waals surface area contributed by atoms with Gasteiger partial charge in [-0.1, -0.05) is 184 Å². The van der Waals surface area contributed by atoms with E-state index < -0.39 is 0 Å². The predicted octanol–water partition coefficient (Wildman–Crippen LogP) is 15.0. The Bertz CT molecular complexity index is 3800. The van der Waals surface area contributed by atoms with Gasteiger partial charge in [0.15, 0.2) is 17.5 Å². The molecular formula is C60H41N5. The Morgan fingerprint density at radius 1 is 0.338 bits per heavy atom. The summed E-state index contributed by atoms with van der Waals surface area (Å²) in [4.78, 5) is 16.0. The van der Waals surface area contributed by atoms with Crippen LogP contribution in [0.15, 0.2) is 212 Å². The highest BCUT2D eigenvalue weighted by Crippen LogP contribution is 2.50. The number of fused-ring (bicyclic) bond motifs is 9. The standard InChI is InChI=1S/C60H41N5/c1-60(2)50-27-13-9-22-43(50)44-34-32-40(36-51(44)60)58-61-57(39-20-7-4-8-21-39)62-59(63-58)49-37-41(33-35-42(49)38-18-5-3-6-19-38)64-52-28-14-12-25-47(52)48-26-17-31-55(56(48)64)65-53-29-15-10-23-45(53)46-24-11-16-30-54(46)65/h3-37H,1-2H3. The lowest BCUT2D eigenvalue weighted by atomic mass is 9.82. The van der Waals surface area contributed by atoms with Crippen LogP contribution < -0.4 is 0 Å². The number of nitrogens with zero attached hydrogens (tertiary/aromatic N) is 5. The molecule has 5 heteroatoms. The Kier molecular flexibility index (Phi) is 8.18. The van der Waals surface area contributed by atoms with Crippen molar-refractivity contribution in [3.8, 4) is 67.8 Å². The molecule has 1 aliphatic carbocycles. The minimum Gasteiger partial charge on any atom is -0.307 e. The van der Waals surface area contributed by atoms with Crippen molar-refractivity contribution in [3.05, 3.63) is 223 Å². The van der Waals surface area contributed by atoms with E-state index in [1.807, 2.05) is 18.2 Å². The smallest absolute Gasteiger partial charge is 0.164 e. The van der Waals surface area contributed by atoms with Crippen molar-refractivity contribution in [1.82, 2.24) is 24.1 Å². The third kappa shape index (κ3) is 5.68. The first kappa shape index (κ1) is 37.2. The summed E-state index contributed by atoms with van der Waals surface area (Å²) in [6.45, 7) is 4.63. The molecule has 0 amide bonds. The molecule has 13 rings (SSSR count). The maximum atomic E-state index is 5.45. The van der Waals surface area contributed by atoms with E-state index >= 15 is 0 Å². The molecule has 5 nitrogen and oxygen atoms in total. The van der Waals surface area contributed by atoms with Crippen LogP contribution in [0.3, 0.4) is 0 Å². The van der Waals surface area contributed by atoms with E-state index in [9.17, 15) is 0 Å². The molecular weight excluding hydrogens is 791 g/mol. The molecule has 0 fully saturated rings. The van der Waals surface area contributed by atoms with Crippen LogP contribution in [0.2, 0.25) is 0 Å². The largest absolute Gasteiger partial charge is 0.307 e. The van der Waals surface area contributed by atoms with Crippen LogP contribution in [-0.2, 0) is 5.41 Å². The summed E-state index contributed by atoms with van der Waals surface area (Å²) in [5.74, 6) is 1.88. The number of para-hydroxylation sites is 4. The number of aromatic nitrogens is 5. The topological polar surface area (TPSA) is 48.5 Å². The Hall–Kier alpha value is -8.41. The van der Waals surface area contributed by atoms with Gasteiger partial charge >= 0.3 is 0 Å². The van der Waals surface area contributed by atoms with Gasteiger partial charge in [0.2, 0.25) is 0 Å². The Morgan fingerprint density at radius 3 is 1.57 bits per heavy atom. The lowest BCUT2D eigenvalue weighted by Crippen LogP contribution is -2.15. The SMILES string of the molecule is CC1(C)c2ccccc2-c2ccc(-c3nc(-c4ccccc4)nc(-c4cc(-n5c6ccccc6c6cccc(-n7c8ccccc8c8ccccc87)c65)ccc4-c4ccccc4)n3)cc21. The maximum Gasteiger partial charge on any atom is 0.164 e. The van der Waals surface area contributed by atoms with E-state index in [4.69, 9.17) is 15.0 Å². The fourth-order valence-electron chi connectivity index (χ4n) is 10.5. The molecule has 1 aliphatic rings. The summed E-state index contributed by atoms with van der Waals surface area (Å²) in [5, 5.41) is 4.83. The first-order valence-corrected chi connectivity index (χ1v) is 22.3. The van der Waals surface area contributed by atoms with Gasteiger partial charge in [0.1, 0.15) is 0 Å². The Balaban J connectivity index is 1.08. The van der Waals surface area contributed by atoms with E-state index in [-0.39, 0.29) is 5.41 Å². The Labute approximate surface area is 376 Å². The van der Waals surface area contributed by atoms with Gasteiger partial charge in [0.05, 0.1) is 27.8 Å². The first-order valence-electron chi connectivity index (χ1n) is 22.3. The molecule has 12 aromatic rings. The summed E-state index contributed by atoms with van der Waals surface area (Å²) < 4.78 is 4.87. The van der Waals surface area contributed by atoms with Crippen molar-refractivity contribution >= 4 is 43.6 Å². The zero-order chi connectivity index (χ0) is 43.2. The van der Waals surface area contributed by atoms with Crippen molar-refractivity contribution in [2.75, 3.05) is 0 Å². The molecule has 3 aromatic heterocycles. The molecule has 0 unspecified atom stereocenters. The monoisotopic (exact) mass is 831 g/mol. The van der Waals surface area contributed by atoms with Gasteiger partial charge in [-0.25, -0.2) is 15.0 Å². The summed E-state index contributed by atoms with van der Waals surface area (Å²) in [5.41, 5.74) is 16.6. The number of benzene rings is 9. The predicted molar refractivity (Wildman–Crippen MR) is 268 cm³/mol. The fraction of sp³-hybridized carbons (Fsp3) is 0.0500. The second kappa shape index (κ2) is 14.3. The summed E-state index contributed by atoms with van der Waals surface area (Å²) in [6.07, 6.45) is 0. The normalized spacial score (nSPS) is 12.9. The van der Waals surface area contributed by atoms with Crippen molar-refractivity contribution in [1.29, 1.82) is 0 Å². The second-order valence-electron chi connectivity index (χ2n) is 17.6. The first-order chi connectivity index (χ1) is 32.0. The minimum atomic E-state index is -0.171. The number of hydrogen-bond acceptors (Lipinski definition) is 3. The van der Waals surface area contributed by atoms with Gasteiger partial charge in [-0.05, 0) is 75.8 Å². The van der Waals surface area contributed by atoms with Gasteiger partial charge < -0.3 is 9.13 Å². The zero-order valence-electron chi connectivity index (χ0n) is 35.9. The molecule has 0 N–H and O–H groups in total. The third-order valence-electron chi connectivity index (χ3n) is 13.6. The maximum absolute atomic E-state index is 5.45. The quantitative estimate of drug-likeness (QED) is 0.168. The van der Waals surface area contributed by atoms with Crippen LogP contribution in [0.25, 0.3) is 111 Å². The van der Waals surface area contributed by atoms with Gasteiger partial charge in [-0.3, -0.25) is 0 Å². The van der Waals surface area contributed by atoms with Crippen molar-refractivity contribution in [2.45, 2.75) is 19.3 Å². The lowest BCUT2D eigenvalue weighted by Gasteiger charge is -2.22. The summed E-state index contributed by atoms with van der Waals surface area (Å²) in [7, 11) is 0. The van der Waals surface area contributed by atoms with E-state index in [1.165, 1.54) is 54.8 Å². The van der Waals surface area contributed by atoms with Crippen molar-refractivity contribution < 1.29 is 0 Å². The average molecular weight is 832 g/mol. The number of rotatable bonds is 6. The van der Waals surface area contributed by atoms with Crippen LogP contribution in [-0.4, -0.2) is 24.1 Å². The van der Waals surface area contributed by atoms with E-state index in [2.05, 4.69) is 217 Å². The highest BCUT2D eigenvalue weighted by Gasteiger charge is 2.35. The molecule has 3 heterocycles. The van der Waals surface area contributed by atoms with E-state index in [1.54, 1.807) is 0 Å². The highest BCUT2D eigenvalue weighted by molar-refractivity contribution is 6.15. The van der Waals surface area contributed by atoms with E-state index in [0.717, 1.165) is 50.2 Å². The minimum absolute atomic E-state index is 0.171. The second-order valence-corrected chi connectivity index (χ2v) is 17.6. The van der Waals surface area contributed by atoms with E-state index in [0.29, 0.717) is 17.5 Å². The van der Waals surface area contributed by atoms with Crippen LogP contribution >= 0.6 is 0 Å². The zero-order valence-corrected chi connectivity index (χ0v) is 35.9. The van der Waals surface area contributed by atoms with Gasteiger partial charge in [-0.15, -0.1) is 0 Å². The molecule has 65 heavy (non-hydrogen) atoms. The molecule has 0 aliphatic heterocycles. The van der Waals surface area contributed by atoms with Crippen LogP contribution in [0.1, 0.15) is 25.0 Å². The summed E-state index contributed by atoms with van der Waals surface area (Å²) in [6, 6.07) is 76.0. The van der Waals surface area contributed by atoms with Gasteiger partial charge in [-0.2, -0.15) is 0 Å². The van der Waals surface area contributed by atoms with Crippen molar-refractivity contribution in [2.24, 2.45) is 0 Å². The molecule has 0 atom stereocenters. The lowest BCUT2D eigenvalue weighted by molar-refractivity contribution is 0.660. The highest BCUT2D eigenvalue weighted by atomic mass is 15.1. The third-order valence-corrected chi connectivity index (χ3v) is 13.6. The average Bonchev–Trinajstić information content (AvgIpc) is 3.97. The molecule has 0 spiro atoms. The van der Waals surface area contributed by atoms with Crippen LogP contribution in [0.5, 0.6) is 0 Å². The molecule has 0 saturated heterocycles. The Morgan fingerprint density at radius 2 is 0.862 bits per heavy atom. The molecule has 0 saturated carbocycles. The molecule has 306 valence electrons. The van der Waals surface area contributed by atoms with Crippen molar-refractivity contribution in [3.63, 3.8) is 0 Å². The molecule has 9 aromatic carbocycles.